The minimum absolute atomic E-state index is 0.148. The van der Waals surface area contributed by atoms with Crippen LogP contribution < -0.4 is 4.74 Å². The normalized spacial score (nSPS) is 10.4. The second kappa shape index (κ2) is 4.37. The van der Waals surface area contributed by atoms with Crippen LogP contribution >= 0.6 is 0 Å². The van der Waals surface area contributed by atoms with Gasteiger partial charge in [-0.25, -0.2) is 0 Å². The zero-order valence-electron chi connectivity index (χ0n) is 9.23. The molecule has 0 atom stereocenters. The van der Waals surface area contributed by atoms with Gasteiger partial charge in [-0.1, -0.05) is 23.4 Å². The average Bonchev–Trinajstić information content (AvgIpc) is 2.70. The van der Waals surface area contributed by atoms with E-state index in [1.165, 1.54) is 0 Å². The van der Waals surface area contributed by atoms with E-state index in [9.17, 15) is 5.11 Å². The summed E-state index contributed by atoms with van der Waals surface area (Å²) in [5, 5.41) is 13.0. The molecule has 16 heavy (non-hydrogen) atoms. The predicted octanol–water partition coefficient (Wildman–Crippen LogP) is 2.15. The standard InChI is InChI=1S/C12H13NO3/c1-8-12(10(7-14)13-16-8)9-5-3-4-6-11(9)15-2/h3-6,14H,7H2,1-2H3. The Morgan fingerprint density at radius 1 is 1.38 bits per heavy atom. The third-order valence-corrected chi connectivity index (χ3v) is 2.46. The van der Waals surface area contributed by atoms with Gasteiger partial charge in [0.05, 0.1) is 19.3 Å². The Morgan fingerprint density at radius 2 is 2.12 bits per heavy atom. The number of aromatic nitrogens is 1. The molecule has 1 aromatic heterocycles. The fourth-order valence-electron chi connectivity index (χ4n) is 1.72. The Bertz CT molecular complexity index is 491. The number of hydrogen-bond acceptors (Lipinski definition) is 4. The van der Waals surface area contributed by atoms with Crippen molar-refractivity contribution in [3.63, 3.8) is 0 Å². The lowest BCUT2D eigenvalue weighted by Gasteiger charge is -2.07. The summed E-state index contributed by atoms with van der Waals surface area (Å²) < 4.78 is 10.3. The molecule has 4 heteroatoms. The van der Waals surface area contributed by atoms with Gasteiger partial charge in [-0.2, -0.15) is 0 Å². The maximum absolute atomic E-state index is 9.19. The monoisotopic (exact) mass is 219 g/mol. The van der Waals surface area contributed by atoms with Crippen LogP contribution in [-0.4, -0.2) is 17.4 Å². The molecule has 2 aromatic rings. The van der Waals surface area contributed by atoms with Crippen LogP contribution in [0.4, 0.5) is 0 Å². The Morgan fingerprint density at radius 3 is 2.81 bits per heavy atom. The summed E-state index contributed by atoms with van der Waals surface area (Å²) in [5.41, 5.74) is 2.22. The van der Waals surface area contributed by atoms with Crippen LogP contribution in [0.2, 0.25) is 0 Å². The van der Waals surface area contributed by atoms with Crippen LogP contribution in [0.1, 0.15) is 11.5 Å². The Labute approximate surface area is 93.5 Å². The molecular formula is C12H13NO3. The third-order valence-electron chi connectivity index (χ3n) is 2.46. The van der Waals surface area contributed by atoms with Crippen molar-refractivity contribution >= 4 is 0 Å². The summed E-state index contributed by atoms with van der Waals surface area (Å²) in [4.78, 5) is 0. The molecular weight excluding hydrogens is 206 g/mol. The highest BCUT2D eigenvalue weighted by molar-refractivity contribution is 5.73. The van der Waals surface area contributed by atoms with E-state index in [2.05, 4.69) is 5.16 Å². The van der Waals surface area contributed by atoms with Gasteiger partial charge in [-0.05, 0) is 13.0 Å². The third kappa shape index (κ3) is 1.67. The number of nitrogens with zero attached hydrogens (tertiary/aromatic N) is 1. The maximum Gasteiger partial charge on any atom is 0.141 e. The van der Waals surface area contributed by atoms with E-state index in [1.807, 2.05) is 31.2 Å². The van der Waals surface area contributed by atoms with Crippen LogP contribution in [-0.2, 0) is 6.61 Å². The number of hydrogen-bond donors (Lipinski definition) is 1. The van der Waals surface area contributed by atoms with E-state index >= 15 is 0 Å². The first-order chi connectivity index (χ1) is 7.77. The molecule has 0 saturated heterocycles. The molecule has 0 aliphatic rings. The molecule has 0 aliphatic heterocycles. The summed E-state index contributed by atoms with van der Waals surface area (Å²) in [6.07, 6.45) is 0. The maximum atomic E-state index is 9.19. The van der Waals surface area contributed by atoms with E-state index in [0.717, 1.165) is 16.9 Å². The molecule has 1 aromatic carbocycles. The highest BCUT2D eigenvalue weighted by Crippen LogP contribution is 2.34. The van der Waals surface area contributed by atoms with Crippen molar-refractivity contribution in [1.82, 2.24) is 5.16 Å². The van der Waals surface area contributed by atoms with E-state index in [0.29, 0.717) is 11.5 Å². The second-order valence-corrected chi connectivity index (χ2v) is 3.42. The minimum atomic E-state index is -0.148. The summed E-state index contributed by atoms with van der Waals surface area (Å²) in [6.45, 7) is 1.67. The predicted molar refractivity (Wildman–Crippen MR) is 59.2 cm³/mol. The van der Waals surface area contributed by atoms with Gasteiger partial charge in [0.1, 0.15) is 17.2 Å². The Balaban J connectivity index is 2.61. The largest absolute Gasteiger partial charge is 0.496 e. The number of para-hydroxylation sites is 1. The molecule has 2 rings (SSSR count). The van der Waals surface area contributed by atoms with E-state index in [-0.39, 0.29) is 6.61 Å². The van der Waals surface area contributed by atoms with E-state index < -0.39 is 0 Å². The van der Waals surface area contributed by atoms with Gasteiger partial charge in [0.15, 0.2) is 0 Å². The molecule has 4 nitrogen and oxygen atoms in total. The highest BCUT2D eigenvalue weighted by atomic mass is 16.5. The second-order valence-electron chi connectivity index (χ2n) is 3.42. The van der Waals surface area contributed by atoms with Gasteiger partial charge in [-0.15, -0.1) is 0 Å². The number of aryl methyl sites for hydroxylation is 1. The average molecular weight is 219 g/mol. The van der Waals surface area contributed by atoms with Crippen LogP contribution in [0, 0.1) is 6.92 Å². The SMILES string of the molecule is COc1ccccc1-c1c(CO)noc1C. The molecule has 0 bridgehead atoms. The minimum Gasteiger partial charge on any atom is -0.496 e. The van der Waals surface area contributed by atoms with Crippen LogP contribution in [0.5, 0.6) is 5.75 Å². The fraction of sp³-hybridized carbons (Fsp3) is 0.250. The first-order valence-corrected chi connectivity index (χ1v) is 4.97. The lowest BCUT2D eigenvalue weighted by Crippen LogP contribution is -1.92. The number of rotatable bonds is 3. The molecule has 0 saturated carbocycles. The fourth-order valence-corrected chi connectivity index (χ4v) is 1.72. The Hall–Kier alpha value is -1.81. The van der Waals surface area contributed by atoms with Gasteiger partial charge in [0.25, 0.3) is 0 Å². The van der Waals surface area contributed by atoms with E-state index in [4.69, 9.17) is 9.26 Å². The Kier molecular flexibility index (Phi) is 2.92. The van der Waals surface area contributed by atoms with E-state index in [1.54, 1.807) is 7.11 Å². The molecule has 0 radical (unpaired) electrons. The quantitative estimate of drug-likeness (QED) is 0.859. The molecule has 84 valence electrons. The number of aliphatic hydroxyl groups is 1. The first-order valence-electron chi connectivity index (χ1n) is 4.97. The molecule has 0 unspecified atom stereocenters. The molecule has 0 spiro atoms. The number of methoxy groups -OCH3 is 1. The zero-order chi connectivity index (χ0) is 11.5. The van der Waals surface area contributed by atoms with Gasteiger partial charge < -0.3 is 14.4 Å². The van der Waals surface area contributed by atoms with Gasteiger partial charge in [0.2, 0.25) is 0 Å². The van der Waals surface area contributed by atoms with Crippen molar-refractivity contribution in [2.24, 2.45) is 0 Å². The van der Waals surface area contributed by atoms with Crippen LogP contribution in [0.25, 0.3) is 11.1 Å². The van der Waals surface area contributed by atoms with Crippen molar-refractivity contribution in [2.45, 2.75) is 13.5 Å². The molecule has 0 amide bonds. The lowest BCUT2D eigenvalue weighted by molar-refractivity contribution is 0.266. The van der Waals surface area contributed by atoms with Crippen molar-refractivity contribution < 1.29 is 14.4 Å². The number of ether oxygens (including phenoxy) is 1. The highest BCUT2D eigenvalue weighted by Gasteiger charge is 2.17. The van der Waals surface area contributed by atoms with Crippen molar-refractivity contribution in [1.29, 1.82) is 0 Å². The van der Waals surface area contributed by atoms with Gasteiger partial charge >= 0.3 is 0 Å². The van der Waals surface area contributed by atoms with Gasteiger partial charge in [0, 0.05) is 5.56 Å². The van der Waals surface area contributed by atoms with Gasteiger partial charge in [-0.3, -0.25) is 0 Å². The molecule has 0 fully saturated rings. The van der Waals surface area contributed by atoms with Crippen molar-refractivity contribution in [3.8, 4) is 16.9 Å². The summed E-state index contributed by atoms with van der Waals surface area (Å²) in [6, 6.07) is 7.58. The smallest absolute Gasteiger partial charge is 0.141 e. The first kappa shape index (κ1) is 10.7. The molecule has 1 N–H and O–H groups in total. The lowest BCUT2D eigenvalue weighted by atomic mass is 10.0. The topological polar surface area (TPSA) is 55.5 Å². The molecule has 0 aliphatic carbocycles. The number of aliphatic hydroxyl groups excluding tert-OH is 1. The van der Waals surface area contributed by atoms with Crippen LogP contribution in [0.3, 0.4) is 0 Å². The summed E-state index contributed by atoms with van der Waals surface area (Å²) >= 11 is 0. The summed E-state index contributed by atoms with van der Waals surface area (Å²) in [5.74, 6) is 1.41. The summed E-state index contributed by atoms with van der Waals surface area (Å²) in [7, 11) is 1.61. The molecule has 1 heterocycles. The van der Waals surface area contributed by atoms with Crippen LogP contribution in [0.15, 0.2) is 28.8 Å². The zero-order valence-corrected chi connectivity index (χ0v) is 9.23. The van der Waals surface area contributed by atoms with Crippen molar-refractivity contribution in [3.05, 3.63) is 35.7 Å². The number of benzene rings is 1. The van der Waals surface area contributed by atoms with Crippen molar-refractivity contribution in [2.75, 3.05) is 7.11 Å².